The zero-order chi connectivity index (χ0) is 10.7. The van der Waals surface area contributed by atoms with Crippen LogP contribution in [0.2, 0.25) is 0 Å². The minimum atomic E-state index is -0.307. The minimum Gasteiger partial charge on any atom is -0.381 e. The van der Waals surface area contributed by atoms with Gasteiger partial charge < -0.3 is 11.5 Å². The van der Waals surface area contributed by atoms with E-state index in [9.17, 15) is 0 Å². The molecule has 6 N–H and O–H groups in total. The van der Waals surface area contributed by atoms with E-state index in [2.05, 4.69) is 21.5 Å². The molecule has 1 rings (SSSR count). The molecule has 0 unspecified atom stereocenters. The molecule has 7 nitrogen and oxygen atoms in total. The van der Waals surface area contributed by atoms with Crippen molar-refractivity contribution >= 4 is 17.7 Å². The summed E-state index contributed by atoms with van der Waals surface area (Å²) in [5, 5.41) is 14.2. The Morgan fingerprint density at radius 2 is 1.50 bits per heavy atom. The third-order valence-electron chi connectivity index (χ3n) is 1.32. The molecule has 0 saturated carbocycles. The average Bonchev–Trinajstić information content (AvgIpc) is 2.16. The highest BCUT2D eigenvalue weighted by molar-refractivity contribution is 5.94. The van der Waals surface area contributed by atoms with Gasteiger partial charge in [-0.3, -0.25) is 10.8 Å². The maximum Gasteiger partial charge on any atom is 0.198 e. The van der Waals surface area contributed by atoms with E-state index in [0.29, 0.717) is 0 Å². The third-order valence-corrected chi connectivity index (χ3v) is 1.32. The largest absolute Gasteiger partial charge is 0.381 e. The number of nitrogen functional groups attached to an aromatic ring is 2. The molecule has 0 spiro atoms. The molecule has 14 heavy (non-hydrogen) atoms. The van der Waals surface area contributed by atoms with Crippen LogP contribution in [0.25, 0.3) is 6.08 Å². The highest BCUT2D eigenvalue weighted by atomic mass is 15.1. The van der Waals surface area contributed by atoms with Crippen LogP contribution < -0.4 is 11.5 Å². The van der Waals surface area contributed by atoms with Crippen LogP contribution in [0, 0.1) is 10.8 Å². The Hall–Kier alpha value is -2.31. The molecule has 0 aliphatic carbocycles. The predicted octanol–water partition coefficient (Wildman–Crippen LogP) is -0.917. The van der Waals surface area contributed by atoms with E-state index in [1.54, 1.807) is 0 Å². The van der Waals surface area contributed by atoms with Gasteiger partial charge in [-0.1, -0.05) is 6.58 Å². The van der Waals surface area contributed by atoms with Gasteiger partial charge in [0.2, 0.25) is 0 Å². The minimum absolute atomic E-state index is 0.0138. The maximum absolute atomic E-state index is 7.12. The summed E-state index contributed by atoms with van der Waals surface area (Å²) in [5.41, 5.74) is 10.4. The smallest absolute Gasteiger partial charge is 0.198 e. The highest BCUT2D eigenvalue weighted by Crippen LogP contribution is 1.96. The summed E-state index contributed by atoms with van der Waals surface area (Å²) in [6.45, 7) is 3.46. The molecule has 0 aromatic carbocycles. The van der Waals surface area contributed by atoms with Crippen molar-refractivity contribution in [3.8, 4) is 0 Å². The molecule has 0 aliphatic rings. The molecule has 1 aromatic heterocycles. The summed E-state index contributed by atoms with van der Waals surface area (Å²) in [4.78, 5) is 11.3. The Kier molecular flexibility index (Phi) is 2.52. The molecule has 0 saturated heterocycles. The van der Waals surface area contributed by atoms with Crippen molar-refractivity contribution in [2.24, 2.45) is 11.5 Å². The first kappa shape index (κ1) is 9.78. The zero-order valence-corrected chi connectivity index (χ0v) is 7.28. The number of nitrogens with zero attached hydrogens (tertiary/aromatic N) is 3. The molecule has 0 aliphatic heterocycles. The second-order valence-electron chi connectivity index (χ2n) is 2.37. The Balaban J connectivity index is 3.34. The van der Waals surface area contributed by atoms with Gasteiger partial charge in [-0.05, 0) is 6.08 Å². The van der Waals surface area contributed by atoms with Crippen LogP contribution in [0.1, 0.15) is 17.5 Å². The molecule has 72 valence electrons. The normalized spacial score (nSPS) is 9.43. The van der Waals surface area contributed by atoms with Crippen LogP contribution in [0.15, 0.2) is 6.58 Å². The molecule has 0 bridgehead atoms. The first-order chi connectivity index (χ1) is 6.54. The van der Waals surface area contributed by atoms with Gasteiger partial charge in [0.1, 0.15) is 0 Å². The number of aromatic nitrogens is 3. The standard InChI is InChI=1S/C7H9N7/c1-2-3-12-6(4(8)9)14-7(13-3)5(10)11/h2H,1H2,(H3,8,9)(H3,10,11). The summed E-state index contributed by atoms with van der Waals surface area (Å²) in [6, 6.07) is 0. The Morgan fingerprint density at radius 3 is 1.79 bits per heavy atom. The summed E-state index contributed by atoms with van der Waals surface area (Å²) in [7, 11) is 0. The van der Waals surface area contributed by atoms with Crippen molar-refractivity contribution < 1.29 is 0 Å². The average molecular weight is 191 g/mol. The number of rotatable bonds is 3. The molecule has 0 fully saturated rings. The molecule has 7 heteroatoms. The lowest BCUT2D eigenvalue weighted by molar-refractivity contribution is 0.976. The van der Waals surface area contributed by atoms with Gasteiger partial charge in [-0.15, -0.1) is 0 Å². The van der Waals surface area contributed by atoms with Crippen molar-refractivity contribution in [2.45, 2.75) is 0 Å². The second-order valence-corrected chi connectivity index (χ2v) is 2.37. The van der Waals surface area contributed by atoms with Crippen LogP contribution >= 0.6 is 0 Å². The predicted molar refractivity (Wildman–Crippen MR) is 52.0 cm³/mol. The fraction of sp³-hybridized carbons (Fsp3) is 0. The summed E-state index contributed by atoms with van der Waals surface area (Å²) in [6.07, 6.45) is 1.36. The monoisotopic (exact) mass is 191 g/mol. The molecule has 0 radical (unpaired) electrons. The first-order valence-corrected chi connectivity index (χ1v) is 3.62. The van der Waals surface area contributed by atoms with E-state index in [-0.39, 0.29) is 29.1 Å². The van der Waals surface area contributed by atoms with Gasteiger partial charge in [-0.25, -0.2) is 15.0 Å². The fourth-order valence-electron chi connectivity index (χ4n) is 0.725. The second kappa shape index (κ2) is 3.60. The molecule has 0 atom stereocenters. The van der Waals surface area contributed by atoms with Gasteiger partial charge >= 0.3 is 0 Å². The zero-order valence-electron chi connectivity index (χ0n) is 7.28. The summed E-state index contributed by atoms with van der Waals surface area (Å²) < 4.78 is 0. The van der Waals surface area contributed by atoms with Gasteiger partial charge in [0.05, 0.1) is 0 Å². The van der Waals surface area contributed by atoms with Crippen LogP contribution in [0.3, 0.4) is 0 Å². The van der Waals surface area contributed by atoms with E-state index in [4.69, 9.17) is 22.3 Å². The molecule has 1 aromatic rings. The Bertz CT molecular complexity index is 376. The quantitative estimate of drug-likeness (QED) is 0.361. The highest BCUT2D eigenvalue weighted by Gasteiger charge is 2.08. The number of hydrogen-bond acceptors (Lipinski definition) is 5. The van der Waals surface area contributed by atoms with Crippen LogP contribution in [-0.4, -0.2) is 26.6 Å². The van der Waals surface area contributed by atoms with Crippen molar-refractivity contribution in [3.05, 3.63) is 24.1 Å². The fourth-order valence-corrected chi connectivity index (χ4v) is 0.725. The van der Waals surface area contributed by atoms with E-state index in [1.165, 1.54) is 6.08 Å². The van der Waals surface area contributed by atoms with E-state index >= 15 is 0 Å². The van der Waals surface area contributed by atoms with Gasteiger partial charge in [0.15, 0.2) is 29.1 Å². The van der Waals surface area contributed by atoms with E-state index in [1.807, 2.05) is 0 Å². The van der Waals surface area contributed by atoms with Gasteiger partial charge in [0, 0.05) is 0 Å². The van der Waals surface area contributed by atoms with E-state index < -0.39 is 0 Å². The number of nitrogens with two attached hydrogens (primary N) is 2. The van der Waals surface area contributed by atoms with Crippen LogP contribution in [-0.2, 0) is 0 Å². The topological polar surface area (TPSA) is 138 Å². The maximum atomic E-state index is 7.12. The van der Waals surface area contributed by atoms with Crippen molar-refractivity contribution in [3.63, 3.8) is 0 Å². The van der Waals surface area contributed by atoms with Gasteiger partial charge in [0.25, 0.3) is 0 Å². The first-order valence-electron chi connectivity index (χ1n) is 3.62. The Labute approximate surface area is 79.9 Å². The van der Waals surface area contributed by atoms with Crippen LogP contribution in [0.5, 0.6) is 0 Å². The molecular formula is C7H9N7. The van der Waals surface area contributed by atoms with Gasteiger partial charge in [-0.2, -0.15) is 0 Å². The van der Waals surface area contributed by atoms with Crippen molar-refractivity contribution in [1.82, 2.24) is 15.0 Å². The Morgan fingerprint density at radius 1 is 1.07 bits per heavy atom. The molecule has 1 heterocycles. The number of nitrogens with one attached hydrogen (secondary N) is 2. The summed E-state index contributed by atoms with van der Waals surface area (Å²) in [5.74, 6) is -0.411. The number of amidine groups is 2. The lowest BCUT2D eigenvalue weighted by Gasteiger charge is -2.01. The lowest BCUT2D eigenvalue weighted by Crippen LogP contribution is -2.22. The third kappa shape index (κ3) is 1.89. The van der Waals surface area contributed by atoms with Crippen molar-refractivity contribution in [1.29, 1.82) is 10.8 Å². The molecule has 0 amide bonds. The summed E-state index contributed by atoms with van der Waals surface area (Å²) >= 11 is 0. The SMILES string of the molecule is C=Cc1nc(C(=N)N)nc(C(=N)N)n1. The van der Waals surface area contributed by atoms with Crippen molar-refractivity contribution in [2.75, 3.05) is 0 Å². The molecular weight excluding hydrogens is 182 g/mol. The number of hydrogen-bond donors (Lipinski definition) is 4. The van der Waals surface area contributed by atoms with E-state index in [0.717, 1.165) is 0 Å². The lowest BCUT2D eigenvalue weighted by atomic mass is 10.4. The van der Waals surface area contributed by atoms with Crippen LogP contribution in [0.4, 0.5) is 0 Å².